The Morgan fingerprint density at radius 1 is 1.14 bits per heavy atom. The molecule has 3 N–H and O–H groups in total. The van der Waals surface area contributed by atoms with Gasteiger partial charge in [-0.3, -0.25) is 4.79 Å². The number of nitrogens with two attached hydrogens (primary N) is 1. The Kier molecular flexibility index (Phi) is 6.36. The number of nitrogens with one attached hydrogen (secondary N) is 1. The molecule has 7 nitrogen and oxygen atoms in total. The number of rotatable bonds is 7. The van der Waals surface area contributed by atoms with E-state index in [9.17, 15) is 13.2 Å². The van der Waals surface area contributed by atoms with E-state index in [1.165, 1.54) is 12.1 Å². The van der Waals surface area contributed by atoms with Crippen molar-refractivity contribution in [3.05, 3.63) is 65.3 Å². The molecule has 0 radical (unpaired) electrons. The normalized spacial score (nSPS) is 11.4. The van der Waals surface area contributed by atoms with Gasteiger partial charge >= 0.3 is 0 Å². The Labute approximate surface area is 174 Å². The average molecular weight is 433 g/mol. The molecule has 3 rings (SSSR count). The third-order valence-corrected chi connectivity index (χ3v) is 5.40. The lowest BCUT2D eigenvalue weighted by molar-refractivity contribution is -0.120. The van der Waals surface area contributed by atoms with Gasteiger partial charge in [0.2, 0.25) is 15.9 Å². The van der Waals surface area contributed by atoms with Gasteiger partial charge in [-0.25, -0.2) is 18.2 Å². The molecule has 9 heteroatoms. The van der Waals surface area contributed by atoms with Crippen molar-refractivity contribution in [3.8, 4) is 16.9 Å². The van der Waals surface area contributed by atoms with Gasteiger partial charge in [-0.1, -0.05) is 30.7 Å². The summed E-state index contributed by atoms with van der Waals surface area (Å²) in [6.07, 6.45) is 0.995. The summed E-state index contributed by atoms with van der Waals surface area (Å²) in [4.78, 5) is 12.1. The molecule has 3 aromatic rings. The van der Waals surface area contributed by atoms with Crippen LogP contribution >= 0.6 is 11.6 Å². The second kappa shape index (κ2) is 8.77. The highest BCUT2D eigenvalue weighted by Gasteiger charge is 2.15. The van der Waals surface area contributed by atoms with Crippen LogP contribution in [0.4, 0.5) is 0 Å². The first kappa shape index (κ1) is 21.0. The molecule has 29 heavy (non-hydrogen) atoms. The number of hydrogen-bond donors (Lipinski definition) is 2. The van der Waals surface area contributed by atoms with Crippen LogP contribution in [0.5, 0.6) is 0 Å². The summed E-state index contributed by atoms with van der Waals surface area (Å²) in [6, 6.07) is 15.2. The lowest BCUT2D eigenvalue weighted by Crippen LogP contribution is -2.25. The fourth-order valence-corrected chi connectivity index (χ4v) is 3.45. The lowest BCUT2D eigenvalue weighted by atomic mass is 10.1. The molecule has 152 valence electrons. The van der Waals surface area contributed by atoms with Gasteiger partial charge in [0, 0.05) is 17.1 Å². The summed E-state index contributed by atoms with van der Waals surface area (Å²) < 4.78 is 24.7. The molecule has 0 aliphatic carbocycles. The van der Waals surface area contributed by atoms with E-state index in [0.717, 1.165) is 17.7 Å². The van der Waals surface area contributed by atoms with Crippen molar-refractivity contribution >= 4 is 27.5 Å². The van der Waals surface area contributed by atoms with Gasteiger partial charge < -0.3 is 5.32 Å². The van der Waals surface area contributed by atoms with Crippen molar-refractivity contribution in [2.24, 2.45) is 5.14 Å². The third kappa shape index (κ3) is 5.23. The maximum atomic E-state index is 12.1. The van der Waals surface area contributed by atoms with Gasteiger partial charge in [0.15, 0.2) is 0 Å². The second-order valence-corrected chi connectivity index (χ2v) is 8.50. The van der Waals surface area contributed by atoms with Crippen LogP contribution in [0.1, 0.15) is 19.0 Å². The molecule has 1 heterocycles. The van der Waals surface area contributed by atoms with Crippen molar-refractivity contribution in [1.29, 1.82) is 0 Å². The summed E-state index contributed by atoms with van der Waals surface area (Å²) in [7, 11) is -3.79. The van der Waals surface area contributed by atoms with E-state index in [4.69, 9.17) is 16.7 Å². The average Bonchev–Trinajstić information content (AvgIpc) is 3.10. The molecule has 0 bridgehead atoms. The van der Waals surface area contributed by atoms with Gasteiger partial charge in [0.05, 0.1) is 28.4 Å². The Morgan fingerprint density at radius 2 is 1.79 bits per heavy atom. The zero-order chi connectivity index (χ0) is 21.0. The van der Waals surface area contributed by atoms with E-state index in [-0.39, 0.29) is 17.2 Å². The van der Waals surface area contributed by atoms with Crippen LogP contribution < -0.4 is 10.5 Å². The molecule has 0 saturated heterocycles. The van der Waals surface area contributed by atoms with E-state index in [1.807, 2.05) is 25.1 Å². The molecule has 0 aliphatic heterocycles. The van der Waals surface area contributed by atoms with Crippen molar-refractivity contribution in [2.75, 3.05) is 6.54 Å². The van der Waals surface area contributed by atoms with Crippen LogP contribution in [0.15, 0.2) is 59.5 Å². The highest BCUT2D eigenvalue weighted by Crippen LogP contribution is 2.26. The largest absolute Gasteiger partial charge is 0.356 e. The SMILES string of the molecule is CCCNC(=O)Cc1cc(-c2ccc(Cl)cc2)n(-c2ccc(S(N)(=O)=O)cc2)n1. The number of benzene rings is 2. The standard InChI is InChI=1S/C20H21ClN4O3S/c1-2-11-23-20(26)13-16-12-19(14-3-5-15(21)6-4-14)25(24-16)17-7-9-18(10-8-17)29(22,27)28/h3-10,12H,2,11,13H2,1H3,(H,23,26)(H2,22,27,28). The van der Waals surface area contributed by atoms with Crippen molar-refractivity contribution in [3.63, 3.8) is 0 Å². The van der Waals surface area contributed by atoms with Gasteiger partial charge in [0.1, 0.15) is 0 Å². The number of hydrogen-bond acceptors (Lipinski definition) is 4. The van der Waals surface area contributed by atoms with E-state index < -0.39 is 10.0 Å². The number of aromatic nitrogens is 2. The van der Waals surface area contributed by atoms with Gasteiger partial charge in [0.25, 0.3) is 0 Å². The molecule has 0 atom stereocenters. The Morgan fingerprint density at radius 3 is 2.38 bits per heavy atom. The Bertz CT molecular complexity index is 1110. The Balaban J connectivity index is 2.01. The number of nitrogens with zero attached hydrogens (tertiary/aromatic N) is 2. The summed E-state index contributed by atoms with van der Waals surface area (Å²) in [5.74, 6) is -0.108. The summed E-state index contributed by atoms with van der Waals surface area (Å²) >= 11 is 5.99. The minimum Gasteiger partial charge on any atom is -0.356 e. The van der Waals surface area contributed by atoms with Gasteiger partial charge in [-0.2, -0.15) is 5.10 Å². The number of carbonyl (C=O) groups is 1. The van der Waals surface area contributed by atoms with Gasteiger partial charge in [-0.05, 0) is 48.9 Å². The summed E-state index contributed by atoms with van der Waals surface area (Å²) in [6.45, 7) is 2.59. The number of halogens is 1. The highest BCUT2D eigenvalue weighted by atomic mass is 35.5. The zero-order valence-electron chi connectivity index (χ0n) is 15.8. The van der Waals surface area contributed by atoms with Crippen LogP contribution in [0.25, 0.3) is 16.9 Å². The van der Waals surface area contributed by atoms with Crippen molar-refractivity contribution in [1.82, 2.24) is 15.1 Å². The smallest absolute Gasteiger partial charge is 0.238 e. The van der Waals surface area contributed by atoms with Crippen molar-refractivity contribution < 1.29 is 13.2 Å². The first-order valence-electron chi connectivity index (χ1n) is 9.02. The fraction of sp³-hybridized carbons (Fsp3) is 0.200. The maximum absolute atomic E-state index is 12.1. The molecule has 2 aromatic carbocycles. The molecule has 0 aliphatic rings. The predicted molar refractivity (Wildman–Crippen MR) is 112 cm³/mol. The minimum atomic E-state index is -3.79. The van der Waals surface area contributed by atoms with Crippen LogP contribution in [-0.2, 0) is 21.2 Å². The summed E-state index contributed by atoms with van der Waals surface area (Å²) in [5, 5.41) is 13.2. The van der Waals surface area contributed by atoms with E-state index in [0.29, 0.717) is 22.9 Å². The van der Waals surface area contributed by atoms with Crippen LogP contribution in [-0.4, -0.2) is 30.7 Å². The first-order valence-corrected chi connectivity index (χ1v) is 10.9. The number of carbonyl (C=O) groups excluding carboxylic acids is 1. The summed E-state index contributed by atoms with van der Waals surface area (Å²) in [5.41, 5.74) is 2.85. The fourth-order valence-electron chi connectivity index (χ4n) is 2.81. The first-order chi connectivity index (χ1) is 13.8. The topological polar surface area (TPSA) is 107 Å². The zero-order valence-corrected chi connectivity index (χ0v) is 17.4. The second-order valence-electron chi connectivity index (χ2n) is 6.51. The molecule has 0 saturated carbocycles. The minimum absolute atomic E-state index is 0.0145. The Hall–Kier alpha value is -2.68. The quantitative estimate of drug-likeness (QED) is 0.598. The number of amides is 1. The van der Waals surface area contributed by atoms with E-state index in [1.54, 1.807) is 28.9 Å². The third-order valence-electron chi connectivity index (χ3n) is 4.22. The predicted octanol–water partition coefficient (Wildman–Crippen LogP) is 2.91. The number of sulfonamides is 1. The maximum Gasteiger partial charge on any atom is 0.238 e. The molecule has 0 spiro atoms. The highest BCUT2D eigenvalue weighted by molar-refractivity contribution is 7.89. The van der Waals surface area contributed by atoms with Gasteiger partial charge in [-0.15, -0.1) is 0 Å². The van der Waals surface area contributed by atoms with Crippen LogP contribution in [0.2, 0.25) is 5.02 Å². The monoisotopic (exact) mass is 432 g/mol. The van der Waals surface area contributed by atoms with E-state index >= 15 is 0 Å². The lowest BCUT2D eigenvalue weighted by Gasteiger charge is -2.08. The van der Waals surface area contributed by atoms with Crippen LogP contribution in [0, 0.1) is 0 Å². The molecule has 0 fully saturated rings. The van der Waals surface area contributed by atoms with Crippen LogP contribution in [0.3, 0.4) is 0 Å². The van der Waals surface area contributed by atoms with E-state index in [2.05, 4.69) is 10.4 Å². The molecule has 1 amide bonds. The molecule has 0 unspecified atom stereocenters. The molecular weight excluding hydrogens is 412 g/mol. The number of primary sulfonamides is 1. The van der Waals surface area contributed by atoms with Crippen molar-refractivity contribution in [2.45, 2.75) is 24.7 Å². The molecular formula is C20H21ClN4O3S. The molecule has 1 aromatic heterocycles.